The second-order valence-corrected chi connectivity index (χ2v) is 5.16. The number of rotatable bonds is 3. The normalized spacial score (nSPS) is 10.7. The molecular weight excluding hydrogens is 320 g/mol. The Kier molecular flexibility index (Phi) is 4.66. The van der Waals surface area contributed by atoms with E-state index in [2.05, 4.69) is 20.8 Å². The first-order chi connectivity index (χ1) is 12.1. The number of aromatic nitrogens is 1. The molecule has 0 bridgehead atoms. The molecule has 0 aliphatic rings. The molecule has 0 aliphatic carbocycles. The molecule has 7 heteroatoms. The highest BCUT2D eigenvalue weighted by Crippen LogP contribution is 2.09. The first-order valence-electron chi connectivity index (χ1n) is 7.45. The number of para-hydroxylation sites is 2. The zero-order chi connectivity index (χ0) is 17.6. The largest absolute Gasteiger partial charge is 0.329 e. The van der Waals surface area contributed by atoms with Crippen LogP contribution in [0.2, 0.25) is 0 Å². The topological polar surface area (TPSA) is 103 Å². The van der Waals surface area contributed by atoms with Crippen molar-refractivity contribution in [2.45, 2.75) is 0 Å². The van der Waals surface area contributed by atoms with E-state index in [1.54, 1.807) is 42.5 Å². The Morgan fingerprint density at radius 1 is 0.960 bits per heavy atom. The molecule has 1 aromatic heterocycles. The number of hydrogen-bond acceptors (Lipinski definition) is 4. The van der Waals surface area contributed by atoms with E-state index < -0.39 is 11.8 Å². The quantitative estimate of drug-likeness (QED) is 0.385. The molecule has 0 aliphatic heterocycles. The average Bonchev–Trinajstić information content (AvgIpc) is 2.62. The number of hydrogen-bond donors (Lipinski definition) is 3. The number of aromatic amines is 1. The lowest BCUT2D eigenvalue weighted by Gasteiger charge is -2.03. The highest BCUT2D eigenvalue weighted by atomic mass is 16.2. The van der Waals surface area contributed by atoms with Crippen molar-refractivity contribution in [1.29, 1.82) is 0 Å². The van der Waals surface area contributed by atoms with Gasteiger partial charge in [-0.05, 0) is 29.7 Å². The van der Waals surface area contributed by atoms with Crippen molar-refractivity contribution in [1.82, 2.24) is 10.4 Å². The molecule has 0 spiro atoms. The zero-order valence-electron chi connectivity index (χ0n) is 13.0. The van der Waals surface area contributed by atoms with Crippen LogP contribution in [0.4, 0.5) is 5.69 Å². The number of carbonyl (C=O) groups is 2. The average molecular weight is 334 g/mol. The maximum absolute atomic E-state index is 11.9. The predicted molar refractivity (Wildman–Crippen MR) is 95.4 cm³/mol. The molecule has 3 N–H and O–H groups in total. The summed E-state index contributed by atoms with van der Waals surface area (Å²) in [6, 6.07) is 17.5. The van der Waals surface area contributed by atoms with E-state index in [-0.39, 0.29) is 11.1 Å². The second kappa shape index (κ2) is 7.22. The SMILES string of the molecule is O=C(N/N=C/c1cc2ccccc2[nH]c1=O)C(=O)Nc1ccccc1. The fourth-order valence-corrected chi connectivity index (χ4v) is 2.18. The van der Waals surface area contributed by atoms with Crippen LogP contribution in [-0.4, -0.2) is 23.0 Å². The fourth-order valence-electron chi connectivity index (χ4n) is 2.18. The number of benzene rings is 2. The molecule has 2 aromatic carbocycles. The van der Waals surface area contributed by atoms with Crippen molar-refractivity contribution in [3.05, 3.63) is 76.6 Å². The Hall–Kier alpha value is -3.74. The van der Waals surface area contributed by atoms with Crippen molar-refractivity contribution < 1.29 is 9.59 Å². The lowest BCUT2D eigenvalue weighted by Crippen LogP contribution is -2.32. The van der Waals surface area contributed by atoms with Gasteiger partial charge in [-0.2, -0.15) is 5.10 Å². The van der Waals surface area contributed by atoms with Gasteiger partial charge in [0.05, 0.1) is 11.8 Å². The summed E-state index contributed by atoms with van der Waals surface area (Å²) in [7, 11) is 0. The molecule has 7 nitrogen and oxygen atoms in total. The summed E-state index contributed by atoms with van der Waals surface area (Å²) in [6.07, 6.45) is 1.19. The Morgan fingerprint density at radius 3 is 2.48 bits per heavy atom. The number of nitrogens with one attached hydrogen (secondary N) is 3. The van der Waals surface area contributed by atoms with Gasteiger partial charge in [-0.3, -0.25) is 14.4 Å². The van der Waals surface area contributed by atoms with E-state index >= 15 is 0 Å². The third-order valence-electron chi connectivity index (χ3n) is 3.39. The van der Waals surface area contributed by atoms with Crippen molar-refractivity contribution in [2.75, 3.05) is 5.32 Å². The number of anilines is 1. The molecule has 3 rings (SSSR count). The number of nitrogens with zero attached hydrogens (tertiary/aromatic N) is 1. The van der Waals surface area contributed by atoms with Gasteiger partial charge < -0.3 is 10.3 Å². The van der Waals surface area contributed by atoms with E-state index in [1.165, 1.54) is 6.21 Å². The molecule has 25 heavy (non-hydrogen) atoms. The van der Waals surface area contributed by atoms with E-state index in [1.807, 2.05) is 18.2 Å². The molecule has 0 unspecified atom stereocenters. The van der Waals surface area contributed by atoms with Gasteiger partial charge in [0.2, 0.25) is 0 Å². The number of H-pyrrole nitrogens is 1. The van der Waals surface area contributed by atoms with Gasteiger partial charge in [0, 0.05) is 11.2 Å². The van der Waals surface area contributed by atoms with Gasteiger partial charge in [0.25, 0.3) is 5.56 Å². The third kappa shape index (κ3) is 3.97. The minimum Gasteiger partial charge on any atom is -0.321 e. The van der Waals surface area contributed by atoms with Gasteiger partial charge in [0.15, 0.2) is 0 Å². The lowest BCUT2D eigenvalue weighted by atomic mass is 10.2. The highest BCUT2D eigenvalue weighted by molar-refractivity contribution is 6.39. The fraction of sp³-hybridized carbons (Fsp3) is 0. The molecule has 0 atom stereocenters. The molecule has 0 saturated heterocycles. The van der Waals surface area contributed by atoms with Crippen LogP contribution in [0.1, 0.15) is 5.56 Å². The smallest absolute Gasteiger partial charge is 0.321 e. The molecule has 1 heterocycles. The summed E-state index contributed by atoms with van der Waals surface area (Å²) in [5.41, 5.74) is 3.22. The maximum atomic E-state index is 11.9. The molecule has 0 radical (unpaired) electrons. The zero-order valence-corrected chi connectivity index (χ0v) is 13.0. The molecular formula is C18H14N4O3. The Labute approximate surface area is 142 Å². The summed E-state index contributed by atoms with van der Waals surface area (Å²) in [4.78, 5) is 38.1. The Morgan fingerprint density at radius 2 is 1.68 bits per heavy atom. The number of carbonyl (C=O) groups excluding carboxylic acids is 2. The standard InChI is InChI=1S/C18H14N4O3/c23-16-13(10-12-6-4-5-9-15(12)21-16)11-19-22-18(25)17(24)20-14-7-2-1-3-8-14/h1-11H,(H,20,24)(H,21,23)(H,22,25)/b19-11+. The minimum atomic E-state index is -0.933. The van der Waals surface area contributed by atoms with Crippen LogP contribution in [0.15, 0.2) is 70.6 Å². The summed E-state index contributed by atoms with van der Waals surface area (Å²) < 4.78 is 0. The first-order valence-corrected chi connectivity index (χ1v) is 7.45. The number of pyridine rings is 1. The Bertz CT molecular complexity index is 1010. The van der Waals surface area contributed by atoms with Gasteiger partial charge in [-0.15, -0.1) is 0 Å². The molecule has 0 fully saturated rings. The van der Waals surface area contributed by atoms with E-state index in [0.717, 1.165) is 5.39 Å². The van der Waals surface area contributed by atoms with Crippen molar-refractivity contribution in [2.24, 2.45) is 5.10 Å². The Balaban J connectivity index is 1.66. The third-order valence-corrected chi connectivity index (χ3v) is 3.39. The summed E-state index contributed by atoms with van der Waals surface area (Å²) in [5, 5.41) is 6.93. The second-order valence-electron chi connectivity index (χ2n) is 5.16. The molecule has 124 valence electrons. The van der Waals surface area contributed by atoms with E-state index in [0.29, 0.717) is 11.2 Å². The van der Waals surface area contributed by atoms with Gasteiger partial charge in [-0.25, -0.2) is 5.43 Å². The molecule has 3 aromatic rings. The van der Waals surface area contributed by atoms with Crippen molar-refractivity contribution >= 4 is 34.6 Å². The molecule has 0 saturated carbocycles. The van der Waals surface area contributed by atoms with Gasteiger partial charge in [0.1, 0.15) is 0 Å². The highest BCUT2D eigenvalue weighted by Gasteiger charge is 2.12. The van der Waals surface area contributed by atoms with Crippen LogP contribution in [-0.2, 0) is 9.59 Å². The van der Waals surface area contributed by atoms with Gasteiger partial charge in [-0.1, -0.05) is 36.4 Å². The summed E-state index contributed by atoms with van der Waals surface area (Å²) in [5.74, 6) is -1.78. The number of amides is 2. The maximum Gasteiger partial charge on any atom is 0.329 e. The number of hydrazone groups is 1. The summed E-state index contributed by atoms with van der Waals surface area (Å²) >= 11 is 0. The molecule has 2 amide bonds. The van der Waals surface area contributed by atoms with Crippen molar-refractivity contribution in [3.63, 3.8) is 0 Å². The minimum absolute atomic E-state index is 0.266. The van der Waals surface area contributed by atoms with E-state index in [9.17, 15) is 14.4 Å². The lowest BCUT2D eigenvalue weighted by molar-refractivity contribution is -0.136. The van der Waals surface area contributed by atoms with Crippen LogP contribution in [0.25, 0.3) is 10.9 Å². The predicted octanol–water partition coefficient (Wildman–Crippen LogP) is 1.62. The number of fused-ring (bicyclic) bond motifs is 1. The van der Waals surface area contributed by atoms with Crippen LogP contribution in [0.5, 0.6) is 0 Å². The van der Waals surface area contributed by atoms with Gasteiger partial charge >= 0.3 is 11.8 Å². The van der Waals surface area contributed by atoms with Crippen LogP contribution < -0.4 is 16.3 Å². The van der Waals surface area contributed by atoms with Crippen LogP contribution >= 0.6 is 0 Å². The van der Waals surface area contributed by atoms with Crippen molar-refractivity contribution in [3.8, 4) is 0 Å². The van der Waals surface area contributed by atoms with Crippen LogP contribution in [0, 0.1) is 0 Å². The summed E-state index contributed by atoms with van der Waals surface area (Å²) in [6.45, 7) is 0. The van der Waals surface area contributed by atoms with Crippen LogP contribution in [0.3, 0.4) is 0 Å². The first kappa shape index (κ1) is 16.1. The van der Waals surface area contributed by atoms with E-state index in [4.69, 9.17) is 0 Å². The monoisotopic (exact) mass is 334 g/mol.